The van der Waals surface area contributed by atoms with Gasteiger partial charge in [-0.05, 0) is 67.1 Å². The average molecular weight is 327 g/mol. The Balaban J connectivity index is 1.81. The molecule has 2 aromatic rings. The Hall–Kier alpha value is -2.65. The maximum absolute atomic E-state index is 11.8. The fourth-order valence-electron chi connectivity index (χ4n) is 1.89. The van der Waals surface area contributed by atoms with Crippen LogP contribution in [0.2, 0.25) is 0 Å². The molecule has 23 heavy (non-hydrogen) atoms. The number of hydrogen-bond acceptors (Lipinski definition) is 4. The number of ether oxygens (including phenoxy) is 1. The van der Waals surface area contributed by atoms with E-state index < -0.39 is 0 Å². The monoisotopic (exact) mass is 327 g/mol. The molecule has 0 saturated heterocycles. The molecule has 5 nitrogen and oxygen atoms in total. The van der Waals surface area contributed by atoms with Crippen molar-refractivity contribution in [3.8, 4) is 11.2 Å². The van der Waals surface area contributed by atoms with Crippen LogP contribution in [0.3, 0.4) is 0 Å². The number of urea groups is 1. The predicted molar refractivity (Wildman–Crippen MR) is 91.5 cm³/mol. The van der Waals surface area contributed by atoms with Gasteiger partial charge in [0.05, 0.1) is 0 Å². The van der Waals surface area contributed by atoms with Crippen molar-refractivity contribution in [2.45, 2.75) is 18.7 Å². The number of rotatable bonds is 5. The minimum absolute atomic E-state index is 0.0818. The molecule has 2 amide bonds. The molecule has 0 unspecified atom stereocenters. The SMILES string of the molecule is Cc1cccc(OCNC(=O)Nc2ccc(SC#N)cc2)c1C. The highest BCUT2D eigenvalue weighted by Crippen LogP contribution is 2.20. The molecule has 0 spiro atoms. The lowest BCUT2D eigenvalue weighted by Crippen LogP contribution is -2.32. The smallest absolute Gasteiger partial charge is 0.321 e. The van der Waals surface area contributed by atoms with Crippen LogP contribution in [0, 0.1) is 24.5 Å². The molecule has 2 aromatic carbocycles. The first-order valence-electron chi connectivity index (χ1n) is 7.00. The van der Waals surface area contributed by atoms with Crippen LogP contribution in [0.5, 0.6) is 5.75 Å². The molecule has 0 aliphatic carbocycles. The second-order valence-electron chi connectivity index (χ2n) is 4.84. The molecule has 0 aromatic heterocycles. The van der Waals surface area contributed by atoms with Gasteiger partial charge in [0.1, 0.15) is 11.2 Å². The van der Waals surface area contributed by atoms with E-state index in [0.29, 0.717) is 5.69 Å². The van der Waals surface area contributed by atoms with Crippen LogP contribution in [0.15, 0.2) is 47.4 Å². The Morgan fingerprint density at radius 3 is 2.65 bits per heavy atom. The highest BCUT2D eigenvalue weighted by molar-refractivity contribution is 8.03. The lowest BCUT2D eigenvalue weighted by Gasteiger charge is -2.12. The molecule has 118 valence electrons. The number of carbonyl (C=O) groups excluding carboxylic acids is 1. The molecule has 0 aliphatic rings. The van der Waals surface area contributed by atoms with Gasteiger partial charge in [0.15, 0.2) is 6.73 Å². The first-order valence-corrected chi connectivity index (χ1v) is 7.81. The standard InChI is InChI=1S/C17H17N3O2S/c1-12-4-3-5-16(13(12)2)22-11-19-17(21)20-14-6-8-15(9-7-14)23-10-18/h3-9H,11H2,1-2H3,(H2,19,20,21). The Morgan fingerprint density at radius 2 is 1.96 bits per heavy atom. The van der Waals surface area contributed by atoms with Crippen LogP contribution in [-0.2, 0) is 0 Å². The number of carbonyl (C=O) groups is 1. The third-order valence-electron chi connectivity index (χ3n) is 3.29. The van der Waals surface area contributed by atoms with Gasteiger partial charge in [-0.1, -0.05) is 12.1 Å². The topological polar surface area (TPSA) is 74.2 Å². The molecule has 0 saturated carbocycles. The van der Waals surface area contributed by atoms with Gasteiger partial charge in [-0.25, -0.2) is 4.79 Å². The van der Waals surface area contributed by atoms with E-state index in [1.165, 1.54) is 0 Å². The van der Waals surface area contributed by atoms with Crippen molar-refractivity contribution in [2.75, 3.05) is 12.0 Å². The number of aryl methyl sites for hydroxylation is 1. The predicted octanol–water partition coefficient (Wildman–Crippen LogP) is 4.03. The van der Waals surface area contributed by atoms with Crippen LogP contribution >= 0.6 is 11.8 Å². The number of thiocyanates is 1. The molecule has 0 bridgehead atoms. The van der Waals surface area contributed by atoms with Crippen LogP contribution in [0.4, 0.5) is 10.5 Å². The molecule has 6 heteroatoms. The van der Waals surface area contributed by atoms with E-state index in [-0.39, 0.29) is 12.8 Å². The summed E-state index contributed by atoms with van der Waals surface area (Å²) in [7, 11) is 0. The molecule has 0 fully saturated rings. The van der Waals surface area contributed by atoms with Gasteiger partial charge in [-0.3, -0.25) is 0 Å². The zero-order valence-electron chi connectivity index (χ0n) is 12.9. The summed E-state index contributed by atoms with van der Waals surface area (Å²) in [6.45, 7) is 4.07. The number of nitriles is 1. The molecule has 2 N–H and O–H groups in total. The summed E-state index contributed by atoms with van der Waals surface area (Å²) in [6, 6.07) is 12.5. The molecule has 0 aliphatic heterocycles. The van der Waals surface area contributed by atoms with E-state index in [4.69, 9.17) is 10.00 Å². The maximum atomic E-state index is 11.8. The van der Waals surface area contributed by atoms with Gasteiger partial charge in [0.25, 0.3) is 0 Å². The number of nitrogens with zero attached hydrogens (tertiary/aromatic N) is 1. The summed E-state index contributed by atoms with van der Waals surface area (Å²) in [5.74, 6) is 0.753. The summed E-state index contributed by atoms with van der Waals surface area (Å²) in [6.07, 6.45) is 0. The van der Waals surface area contributed by atoms with Gasteiger partial charge >= 0.3 is 6.03 Å². The summed E-state index contributed by atoms with van der Waals surface area (Å²) >= 11 is 1.07. The Bertz CT molecular complexity index is 724. The van der Waals surface area contributed by atoms with E-state index in [1.807, 2.05) is 37.4 Å². The summed E-state index contributed by atoms with van der Waals surface area (Å²) in [5, 5.41) is 15.9. The van der Waals surface area contributed by atoms with Gasteiger partial charge in [-0.2, -0.15) is 5.26 Å². The number of benzene rings is 2. The van der Waals surface area contributed by atoms with Crippen molar-refractivity contribution in [1.29, 1.82) is 5.26 Å². The summed E-state index contributed by atoms with van der Waals surface area (Å²) in [5.41, 5.74) is 2.85. The number of nitrogens with one attached hydrogen (secondary N) is 2. The first kappa shape index (κ1) is 16.7. The minimum atomic E-state index is -0.351. The minimum Gasteiger partial charge on any atom is -0.473 e. The van der Waals surface area contributed by atoms with Crippen molar-refractivity contribution in [3.05, 3.63) is 53.6 Å². The molecular formula is C17H17N3O2S. The number of amides is 2. The summed E-state index contributed by atoms with van der Waals surface area (Å²) < 4.78 is 5.57. The number of thioether (sulfide) groups is 1. The largest absolute Gasteiger partial charge is 0.473 e. The lowest BCUT2D eigenvalue weighted by molar-refractivity contribution is 0.234. The molecule has 0 radical (unpaired) electrons. The highest BCUT2D eigenvalue weighted by Gasteiger charge is 2.04. The van der Waals surface area contributed by atoms with Crippen molar-refractivity contribution < 1.29 is 9.53 Å². The fourth-order valence-corrected chi connectivity index (χ4v) is 2.27. The van der Waals surface area contributed by atoms with Gasteiger partial charge in [-0.15, -0.1) is 0 Å². The van der Waals surface area contributed by atoms with Crippen molar-refractivity contribution in [1.82, 2.24) is 5.32 Å². The van der Waals surface area contributed by atoms with Crippen LogP contribution in [-0.4, -0.2) is 12.8 Å². The van der Waals surface area contributed by atoms with E-state index in [0.717, 1.165) is 33.5 Å². The molecule has 2 rings (SSSR count). The number of anilines is 1. The van der Waals surface area contributed by atoms with E-state index in [1.54, 1.807) is 24.3 Å². The van der Waals surface area contributed by atoms with Gasteiger partial charge < -0.3 is 15.4 Å². The first-order chi connectivity index (χ1) is 11.1. The fraction of sp³-hybridized carbons (Fsp3) is 0.176. The lowest BCUT2D eigenvalue weighted by atomic mass is 10.1. The van der Waals surface area contributed by atoms with Crippen molar-refractivity contribution in [3.63, 3.8) is 0 Å². The second kappa shape index (κ2) is 8.11. The van der Waals surface area contributed by atoms with Crippen LogP contribution < -0.4 is 15.4 Å². The Morgan fingerprint density at radius 1 is 1.22 bits per heavy atom. The average Bonchev–Trinajstić information content (AvgIpc) is 2.54. The van der Waals surface area contributed by atoms with Gasteiger partial charge in [0, 0.05) is 10.6 Å². The summed E-state index contributed by atoms with van der Waals surface area (Å²) in [4.78, 5) is 12.6. The normalized spacial score (nSPS) is 9.78. The highest BCUT2D eigenvalue weighted by atomic mass is 32.2. The maximum Gasteiger partial charge on any atom is 0.321 e. The zero-order chi connectivity index (χ0) is 16.7. The second-order valence-corrected chi connectivity index (χ2v) is 5.69. The van der Waals surface area contributed by atoms with Crippen LogP contribution in [0.25, 0.3) is 0 Å². The number of hydrogen-bond donors (Lipinski definition) is 2. The molecule has 0 atom stereocenters. The van der Waals surface area contributed by atoms with Crippen molar-refractivity contribution >= 4 is 23.5 Å². The Kier molecular flexibility index (Phi) is 5.89. The van der Waals surface area contributed by atoms with E-state index in [2.05, 4.69) is 10.6 Å². The van der Waals surface area contributed by atoms with Crippen molar-refractivity contribution in [2.24, 2.45) is 0 Å². The third-order valence-corrected chi connectivity index (χ3v) is 3.89. The third kappa shape index (κ3) is 4.94. The Labute approximate surface area is 139 Å². The zero-order valence-corrected chi connectivity index (χ0v) is 13.7. The molecule has 0 heterocycles. The quantitative estimate of drug-likeness (QED) is 0.494. The van der Waals surface area contributed by atoms with E-state index >= 15 is 0 Å². The van der Waals surface area contributed by atoms with Gasteiger partial charge in [0.2, 0.25) is 0 Å². The van der Waals surface area contributed by atoms with Crippen LogP contribution in [0.1, 0.15) is 11.1 Å². The van der Waals surface area contributed by atoms with E-state index in [9.17, 15) is 4.79 Å². The molecular weight excluding hydrogens is 310 g/mol.